The molecule has 2 aromatic rings. The molecule has 2 rings (SSSR count). The van der Waals surface area contributed by atoms with Crippen molar-refractivity contribution in [3.8, 4) is 11.3 Å². The Morgan fingerprint density at radius 3 is 2.61 bits per heavy atom. The molecule has 0 amide bonds. The van der Waals surface area contributed by atoms with Crippen LogP contribution in [0.25, 0.3) is 11.3 Å². The highest BCUT2D eigenvalue weighted by molar-refractivity contribution is 7.10. The van der Waals surface area contributed by atoms with Crippen LogP contribution >= 0.6 is 11.3 Å². The number of methoxy groups -OCH3 is 1. The molecule has 0 saturated carbocycles. The summed E-state index contributed by atoms with van der Waals surface area (Å²) >= 11 is 1.61. The van der Waals surface area contributed by atoms with Crippen LogP contribution in [0.2, 0.25) is 0 Å². The second-order valence-corrected chi connectivity index (χ2v) is 5.19. The second-order valence-electron chi connectivity index (χ2n) is 4.30. The van der Waals surface area contributed by atoms with Gasteiger partial charge in [0.2, 0.25) is 0 Å². The fourth-order valence-corrected chi connectivity index (χ4v) is 2.48. The van der Waals surface area contributed by atoms with E-state index in [4.69, 9.17) is 10.5 Å². The molecule has 1 aromatic heterocycles. The van der Waals surface area contributed by atoms with E-state index in [0.717, 1.165) is 29.3 Å². The molecular formula is C14H18N2OS. The fourth-order valence-electron chi connectivity index (χ4n) is 1.69. The third-order valence-electron chi connectivity index (χ3n) is 2.76. The van der Waals surface area contributed by atoms with E-state index < -0.39 is 0 Å². The maximum absolute atomic E-state index is 5.82. The summed E-state index contributed by atoms with van der Waals surface area (Å²) in [4.78, 5) is 4.54. The minimum absolute atomic E-state index is 0.00438. The zero-order valence-corrected chi connectivity index (χ0v) is 11.5. The third kappa shape index (κ3) is 3.16. The Bertz CT molecular complexity index is 491. The van der Waals surface area contributed by atoms with Crippen LogP contribution in [0.4, 0.5) is 0 Å². The molecule has 96 valence electrons. The van der Waals surface area contributed by atoms with Crippen molar-refractivity contribution in [1.29, 1.82) is 0 Å². The minimum Gasteiger partial charge on any atom is -0.384 e. The van der Waals surface area contributed by atoms with Crippen LogP contribution in [-0.2, 0) is 11.2 Å². The largest absolute Gasteiger partial charge is 0.384 e. The summed E-state index contributed by atoms with van der Waals surface area (Å²) in [6.07, 6.45) is 0.943. The summed E-state index contributed by atoms with van der Waals surface area (Å²) in [5.74, 6) is 0. The third-order valence-corrected chi connectivity index (χ3v) is 3.80. The van der Waals surface area contributed by atoms with Gasteiger partial charge in [-0.1, -0.05) is 24.3 Å². The summed E-state index contributed by atoms with van der Waals surface area (Å²) < 4.78 is 5.07. The van der Waals surface area contributed by atoms with Crippen LogP contribution in [0.1, 0.15) is 23.5 Å². The summed E-state index contributed by atoms with van der Waals surface area (Å²) in [6.45, 7) is 2.71. The topological polar surface area (TPSA) is 48.1 Å². The molecule has 1 heterocycles. The molecule has 0 aliphatic rings. The molecule has 0 spiro atoms. The van der Waals surface area contributed by atoms with Crippen molar-refractivity contribution in [2.24, 2.45) is 5.73 Å². The van der Waals surface area contributed by atoms with Crippen LogP contribution in [0.15, 0.2) is 29.6 Å². The lowest BCUT2D eigenvalue weighted by Crippen LogP contribution is -2.03. The van der Waals surface area contributed by atoms with Gasteiger partial charge in [-0.2, -0.15) is 0 Å². The van der Waals surface area contributed by atoms with E-state index in [9.17, 15) is 0 Å². The van der Waals surface area contributed by atoms with Crippen LogP contribution in [0.3, 0.4) is 0 Å². The van der Waals surface area contributed by atoms with E-state index in [0.29, 0.717) is 0 Å². The highest BCUT2D eigenvalue weighted by atomic mass is 32.1. The van der Waals surface area contributed by atoms with Crippen molar-refractivity contribution < 1.29 is 4.74 Å². The molecule has 0 fully saturated rings. The zero-order valence-electron chi connectivity index (χ0n) is 10.7. The van der Waals surface area contributed by atoms with E-state index in [1.165, 1.54) is 5.56 Å². The maximum Gasteiger partial charge on any atom is 0.110 e. The van der Waals surface area contributed by atoms with Crippen molar-refractivity contribution in [3.05, 3.63) is 40.2 Å². The predicted octanol–water partition coefficient (Wildman–Crippen LogP) is 3.02. The van der Waals surface area contributed by atoms with E-state index in [2.05, 4.69) is 34.6 Å². The van der Waals surface area contributed by atoms with Gasteiger partial charge in [-0.05, 0) is 18.9 Å². The number of rotatable bonds is 5. The first-order chi connectivity index (χ1) is 8.70. The lowest BCUT2D eigenvalue weighted by Gasteiger charge is -2.02. The van der Waals surface area contributed by atoms with Crippen molar-refractivity contribution >= 4 is 11.3 Å². The predicted molar refractivity (Wildman–Crippen MR) is 75.7 cm³/mol. The highest BCUT2D eigenvalue weighted by Crippen LogP contribution is 2.24. The van der Waals surface area contributed by atoms with Gasteiger partial charge in [0, 0.05) is 18.1 Å². The Morgan fingerprint density at radius 2 is 2.06 bits per heavy atom. The van der Waals surface area contributed by atoms with Crippen LogP contribution < -0.4 is 5.73 Å². The van der Waals surface area contributed by atoms with Gasteiger partial charge in [0.1, 0.15) is 5.01 Å². The fraction of sp³-hybridized carbons (Fsp3) is 0.357. The molecule has 0 saturated heterocycles. The van der Waals surface area contributed by atoms with Gasteiger partial charge in [0.05, 0.1) is 18.3 Å². The molecule has 0 aliphatic heterocycles. The Balaban J connectivity index is 2.12. The molecule has 0 radical (unpaired) electrons. The average molecular weight is 262 g/mol. The number of hydrogen-bond donors (Lipinski definition) is 1. The molecule has 0 bridgehead atoms. The molecule has 1 aromatic carbocycles. The lowest BCUT2D eigenvalue weighted by molar-refractivity contribution is 0.202. The summed E-state index contributed by atoms with van der Waals surface area (Å²) in [5, 5.41) is 3.04. The molecule has 4 heteroatoms. The standard InChI is InChI=1S/C14H18N2OS/c1-10(15)14-16-13(9-18-14)12-5-3-11(4-6-12)7-8-17-2/h3-6,9-10H,7-8,15H2,1-2H3. The molecule has 3 nitrogen and oxygen atoms in total. The number of benzene rings is 1. The van der Waals surface area contributed by atoms with Gasteiger partial charge in [-0.25, -0.2) is 4.98 Å². The Hall–Kier alpha value is -1.23. The van der Waals surface area contributed by atoms with Gasteiger partial charge >= 0.3 is 0 Å². The van der Waals surface area contributed by atoms with Gasteiger partial charge < -0.3 is 10.5 Å². The number of nitrogens with two attached hydrogens (primary N) is 1. The summed E-state index contributed by atoms with van der Waals surface area (Å²) in [7, 11) is 1.72. The van der Waals surface area contributed by atoms with Gasteiger partial charge in [-0.15, -0.1) is 11.3 Å². The van der Waals surface area contributed by atoms with Crippen molar-refractivity contribution in [2.75, 3.05) is 13.7 Å². The Kier molecular flexibility index (Phi) is 4.47. The number of hydrogen-bond acceptors (Lipinski definition) is 4. The molecule has 1 atom stereocenters. The first kappa shape index (κ1) is 13.2. The smallest absolute Gasteiger partial charge is 0.110 e. The normalized spacial score (nSPS) is 12.6. The van der Waals surface area contributed by atoms with E-state index in [1.54, 1.807) is 18.4 Å². The number of thiazole rings is 1. The lowest BCUT2D eigenvalue weighted by atomic mass is 10.1. The average Bonchev–Trinajstić information content (AvgIpc) is 2.87. The van der Waals surface area contributed by atoms with E-state index >= 15 is 0 Å². The first-order valence-corrected chi connectivity index (χ1v) is 6.88. The Labute approximate surface area is 112 Å². The van der Waals surface area contributed by atoms with E-state index in [-0.39, 0.29) is 6.04 Å². The van der Waals surface area contributed by atoms with Gasteiger partial charge in [0.25, 0.3) is 0 Å². The molecular weight excluding hydrogens is 244 g/mol. The number of aromatic nitrogens is 1. The van der Waals surface area contributed by atoms with Crippen molar-refractivity contribution in [2.45, 2.75) is 19.4 Å². The molecule has 1 unspecified atom stereocenters. The summed E-state index contributed by atoms with van der Waals surface area (Å²) in [5.41, 5.74) is 9.24. The first-order valence-electron chi connectivity index (χ1n) is 6.00. The van der Waals surface area contributed by atoms with E-state index in [1.807, 2.05) is 6.92 Å². The number of nitrogens with zero attached hydrogens (tertiary/aromatic N) is 1. The second kappa shape index (κ2) is 6.09. The SMILES string of the molecule is COCCc1ccc(-c2csc(C(C)N)n2)cc1. The highest BCUT2D eigenvalue weighted by Gasteiger charge is 2.07. The minimum atomic E-state index is 0.00438. The van der Waals surface area contributed by atoms with Crippen LogP contribution in [0, 0.1) is 0 Å². The monoisotopic (exact) mass is 262 g/mol. The van der Waals surface area contributed by atoms with Gasteiger partial charge in [0.15, 0.2) is 0 Å². The number of ether oxygens (including phenoxy) is 1. The molecule has 2 N–H and O–H groups in total. The Morgan fingerprint density at radius 1 is 1.33 bits per heavy atom. The van der Waals surface area contributed by atoms with Gasteiger partial charge in [-0.3, -0.25) is 0 Å². The van der Waals surface area contributed by atoms with Crippen LogP contribution in [-0.4, -0.2) is 18.7 Å². The molecule has 0 aliphatic carbocycles. The maximum atomic E-state index is 5.82. The van der Waals surface area contributed by atoms with Crippen LogP contribution in [0.5, 0.6) is 0 Å². The summed E-state index contributed by atoms with van der Waals surface area (Å²) in [6, 6.07) is 8.46. The van der Waals surface area contributed by atoms with Crippen molar-refractivity contribution in [3.63, 3.8) is 0 Å². The molecule has 18 heavy (non-hydrogen) atoms. The quantitative estimate of drug-likeness (QED) is 0.901. The van der Waals surface area contributed by atoms with Crippen molar-refractivity contribution in [1.82, 2.24) is 4.98 Å². The zero-order chi connectivity index (χ0) is 13.0.